The summed E-state index contributed by atoms with van der Waals surface area (Å²) in [4.78, 5) is 4.31. The van der Waals surface area contributed by atoms with Crippen molar-refractivity contribution in [3.05, 3.63) is 23.2 Å². The van der Waals surface area contributed by atoms with E-state index in [0.717, 1.165) is 24.9 Å². The Morgan fingerprint density at radius 3 is 2.80 bits per heavy atom. The van der Waals surface area contributed by atoms with Crippen LogP contribution in [0.5, 0.6) is 5.75 Å². The fourth-order valence-corrected chi connectivity index (χ4v) is 2.49. The molecule has 1 saturated carbocycles. The van der Waals surface area contributed by atoms with Crippen LogP contribution in [0.4, 0.5) is 5.69 Å². The van der Waals surface area contributed by atoms with Crippen molar-refractivity contribution in [2.24, 2.45) is 16.1 Å². The number of aliphatic hydroxyl groups is 1. The Hall–Kier alpha value is -1.46. The summed E-state index contributed by atoms with van der Waals surface area (Å²) in [7, 11) is 1.57. The topological polar surface area (TPSA) is 79.9 Å². The third-order valence-electron chi connectivity index (χ3n) is 3.76. The minimum atomic E-state index is -0.0656. The first-order valence-corrected chi connectivity index (χ1v) is 6.98. The highest BCUT2D eigenvalue weighted by atomic mass is 35.5. The van der Waals surface area contributed by atoms with Crippen LogP contribution in [0.25, 0.3) is 0 Å². The molecule has 4 N–H and O–H groups in total. The predicted octanol–water partition coefficient (Wildman–Crippen LogP) is 2.24. The van der Waals surface area contributed by atoms with Crippen LogP contribution in [0.1, 0.15) is 19.3 Å². The molecule has 20 heavy (non-hydrogen) atoms. The molecule has 0 radical (unpaired) electrons. The summed E-state index contributed by atoms with van der Waals surface area (Å²) in [5.74, 6) is 0.937. The zero-order valence-corrected chi connectivity index (χ0v) is 12.3. The van der Waals surface area contributed by atoms with E-state index in [1.807, 2.05) is 6.07 Å². The number of benzene rings is 1. The number of methoxy groups -OCH3 is 1. The zero-order chi connectivity index (χ0) is 14.6. The van der Waals surface area contributed by atoms with Crippen LogP contribution < -0.4 is 15.8 Å². The molecular formula is C14H20ClN3O2. The van der Waals surface area contributed by atoms with E-state index in [1.165, 1.54) is 0 Å². The molecular weight excluding hydrogens is 278 g/mol. The summed E-state index contributed by atoms with van der Waals surface area (Å²) in [6.07, 6.45) is 3.17. The Balaban J connectivity index is 1.96. The Labute approximate surface area is 123 Å². The Morgan fingerprint density at radius 1 is 1.55 bits per heavy atom. The monoisotopic (exact) mass is 297 g/mol. The number of nitrogens with one attached hydrogen (secondary N) is 1. The molecule has 1 aliphatic rings. The van der Waals surface area contributed by atoms with Crippen molar-refractivity contribution in [3.8, 4) is 5.75 Å². The molecule has 0 saturated heterocycles. The third kappa shape index (κ3) is 3.35. The molecule has 2 rings (SSSR count). The average Bonchev–Trinajstić information content (AvgIpc) is 2.38. The standard InChI is InChI=1S/C14H20ClN3O2/c1-20-12-4-3-10(7-11(12)15)18-13(16)17-8-14(9-19)5-2-6-14/h3-4,7,19H,2,5-6,8-9H2,1H3,(H3,16,17,18). The van der Waals surface area contributed by atoms with Crippen molar-refractivity contribution in [2.75, 3.05) is 25.6 Å². The lowest BCUT2D eigenvalue weighted by molar-refractivity contribution is 0.0540. The molecule has 0 spiro atoms. The van der Waals surface area contributed by atoms with Gasteiger partial charge >= 0.3 is 0 Å². The number of guanidine groups is 1. The second-order valence-corrected chi connectivity index (χ2v) is 5.59. The van der Waals surface area contributed by atoms with Gasteiger partial charge in [0.1, 0.15) is 5.75 Å². The van der Waals surface area contributed by atoms with Crippen LogP contribution in [0.2, 0.25) is 5.02 Å². The number of aliphatic hydroxyl groups excluding tert-OH is 1. The largest absolute Gasteiger partial charge is 0.495 e. The minimum absolute atomic E-state index is 0.0656. The van der Waals surface area contributed by atoms with Gasteiger partial charge in [0, 0.05) is 11.1 Å². The van der Waals surface area contributed by atoms with Gasteiger partial charge in [0.2, 0.25) is 0 Å². The van der Waals surface area contributed by atoms with Crippen LogP contribution >= 0.6 is 11.6 Å². The quantitative estimate of drug-likeness (QED) is 0.575. The third-order valence-corrected chi connectivity index (χ3v) is 4.05. The first-order valence-electron chi connectivity index (χ1n) is 6.60. The minimum Gasteiger partial charge on any atom is -0.495 e. The molecule has 1 aliphatic carbocycles. The van der Waals surface area contributed by atoms with Crippen LogP contribution in [0.15, 0.2) is 23.2 Å². The normalized spacial score (nSPS) is 17.4. The highest BCUT2D eigenvalue weighted by molar-refractivity contribution is 6.32. The Morgan fingerprint density at radius 2 is 2.30 bits per heavy atom. The Bertz CT molecular complexity index is 496. The maximum absolute atomic E-state index is 9.37. The van der Waals surface area contributed by atoms with E-state index in [4.69, 9.17) is 22.1 Å². The van der Waals surface area contributed by atoms with Crippen LogP contribution in [0.3, 0.4) is 0 Å². The summed E-state index contributed by atoms with van der Waals surface area (Å²) < 4.78 is 5.08. The lowest BCUT2D eigenvalue weighted by Crippen LogP contribution is -2.37. The summed E-state index contributed by atoms with van der Waals surface area (Å²) in [5, 5.41) is 12.9. The van der Waals surface area contributed by atoms with Crippen LogP contribution in [-0.2, 0) is 0 Å². The molecule has 0 amide bonds. The number of halogens is 1. The van der Waals surface area contributed by atoms with Gasteiger partial charge < -0.3 is 20.9 Å². The number of hydrogen-bond acceptors (Lipinski definition) is 3. The zero-order valence-electron chi connectivity index (χ0n) is 11.5. The summed E-state index contributed by atoms with van der Waals surface area (Å²) in [6, 6.07) is 5.31. The van der Waals surface area contributed by atoms with Crippen LogP contribution in [-0.4, -0.2) is 31.3 Å². The van der Waals surface area contributed by atoms with E-state index in [9.17, 15) is 5.11 Å². The van der Waals surface area contributed by atoms with E-state index in [2.05, 4.69) is 10.3 Å². The Kier molecular flexibility index (Phi) is 4.73. The van der Waals surface area contributed by atoms with Crippen molar-refractivity contribution in [3.63, 3.8) is 0 Å². The molecule has 0 aliphatic heterocycles. The molecule has 5 nitrogen and oxygen atoms in total. The first-order chi connectivity index (χ1) is 9.58. The lowest BCUT2D eigenvalue weighted by atomic mass is 9.69. The first kappa shape index (κ1) is 14.9. The second kappa shape index (κ2) is 6.33. The van der Waals surface area contributed by atoms with Gasteiger partial charge in [0.15, 0.2) is 5.96 Å². The predicted molar refractivity (Wildman–Crippen MR) is 81.5 cm³/mol. The summed E-state index contributed by atoms with van der Waals surface area (Å²) in [5.41, 5.74) is 6.54. The fraction of sp³-hybridized carbons (Fsp3) is 0.500. The number of aliphatic imine (C=N–C) groups is 1. The molecule has 6 heteroatoms. The lowest BCUT2D eigenvalue weighted by Gasteiger charge is -2.38. The highest BCUT2D eigenvalue weighted by Gasteiger charge is 2.36. The van der Waals surface area contributed by atoms with E-state index in [0.29, 0.717) is 23.3 Å². The molecule has 0 unspecified atom stereocenters. The van der Waals surface area contributed by atoms with E-state index in [-0.39, 0.29) is 12.0 Å². The smallest absolute Gasteiger partial charge is 0.193 e. The van der Waals surface area contributed by atoms with Gasteiger partial charge in [-0.05, 0) is 31.0 Å². The van der Waals surface area contributed by atoms with Crippen molar-refractivity contribution >= 4 is 23.2 Å². The van der Waals surface area contributed by atoms with Gasteiger partial charge in [0.05, 0.1) is 25.3 Å². The van der Waals surface area contributed by atoms with Gasteiger partial charge in [-0.2, -0.15) is 0 Å². The molecule has 110 valence electrons. The van der Waals surface area contributed by atoms with Crippen LogP contribution in [0, 0.1) is 5.41 Å². The van der Waals surface area contributed by atoms with Crippen molar-refractivity contribution in [1.29, 1.82) is 0 Å². The van der Waals surface area contributed by atoms with Crippen molar-refractivity contribution < 1.29 is 9.84 Å². The number of ether oxygens (including phenoxy) is 1. The van der Waals surface area contributed by atoms with E-state index in [1.54, 1.807) is 19.2 Å². The molecule has 1 aromatic carbocycles. The van der Waals surface area contributed by atoms with Crippen molar-refractivity contribution in [2.45, 2.75) is 19.3 Å². The number of hydrogen-bond donors (Lipinski definition) is 3. The molecule has 1 fully saturated rings. The van der Waals surface area contributed by atoms with Gasteiger partial charge in [-0.25, -0.2) is 0 Å². The number of rotatable bonds is 5. The van der Waals surface area contributed by atoms with E-state index >= 15 is 0 Å². The second-order valence-electron chi connectivity index (χ2n) is 5.19. The van der Waals surface area contributed by atoms with Gasteiger partial charge in [-0.15, -0.1) is 0 Å². The van der Waals surface area contributed by atoms with Gasteiger partial charge in [-0.1, -0.05) is 18.0 Å². The fourth-order valence-electron chi connectivity index (χ4n) is 2.23. The molecule has 0 bridgehead atoms. The molecule has 0 heterocycles. The molecule has 0 aromatic heterocycles. The number of nitrogens with two attached hydrogens (primary N) is 1. The summed E-state index contributed by atoms with van der Waals surface area (Å²) >= 11 is 6.04. The number of nitrogens with zero attached hydrogens (tertiary/aromatic N) is 1. The molecule has 0 atom stereocenters. The SMILES string of the molecule is COc1ccc(NC(N)=NCC2(CO)CCC2)cc1Cl. The van der Waals surface area contributed by atoms with Gasteiger partial charge in [-0.3, -0.25) is 4.99 Å². The maximum atomic E-state index is 9.37. The van der Waals surface area contributed by atoms with Crippen molar-refractivity contribution in [1.82, 2.24) is 0 Å². The highest BCUT2D eigenvalue weighted by Crippen LogP contribution is 2.40. The summed E-state index contributed by atoms with van der Waals surface area (Å²) in [6.45, 7) is 0.713. The molecule has 1 aromatic rings. The van der Waals surface area contributed by atoms with E-state index < -0.39 is 0 Å². The average molecular weight is 298 g/mol. The maximum Gasteiger partial charge on any atom is 0.193 e. The number of anilines is 1. The van der Waals surface area contributed by atoms with Gasteiger partial charge in [0.25, 0.3) is 0 Å².